The molecule has 4 atom stereocenters. The quantitative estimate of drug-likeness (QED) is 0.525. The van der Waals surface area contributed by atoms with E-state index in [4.69, 9.17) is 4.74 Å². The summed E-state index contributed by atoms with van der Waals surface area (Å²) in [6.07, 6.45) is 4.52. The van der Waals surface area contributed by atoms with E-state index in [1.165, 1.54) is 18.4 Å². The summed E-state index contributed by atoms with van der Waals surface area (Å²) in [6.45, 7) is 5.87. The van der Waals surface area contributed by atoms with Gasteiger partial charge in [-0.1, -0.05) is 35.9 Å². The number of fused-ring (bicyclic) bond motifs is 2. The summed E-state index contributed by atoms with van der Waals surface area (Å²) in [5.41, 5.74) is 4.05. The van der Waals surface area contributed by atoms with E-state index in [2.05, 4.69) is 5.32 Å². The number of esters is 1. The number of thiophene rings is 1. The number of anilines is 1. The van der Waals surface area contributed by atoms with Gasteiger partial charge in [0.05, 0.1) is 18.9 Å². The molecule has 7 heteroatoms. The molecule has 2 aromatic rings. The van der Waals surface area contributed by atoms with Crippen LogP contribution in [0.5, 0.6) is 0 Å². The van der Waals surface area contributed by atoms with Gasteiger partial charge in [0.15, 0.2) is 0 Å². The molecule has 1 amide bonds. The zero-order chi connectivity index (χ0) is 22.4. The molecule has 2 aliphatic rings. The highest BCUT2D eigenvalue weighted by atomic mass is 32.1. The normalized spacial score (nSPS) is 23.7. The fourth-order valence-corrected chi connectivity index (χ4v) is 6.03. The number of allylic oxidation sites excluding steroid dienone is 2. The lowest BCUT2D eigenvalue weighted by Gasteiger charge is -2.23. The Morgan fingerprint density at radius 2 is 1.77 bits per heavy atom. The number of rotatable bonds is 5. The molecule has 2 N–H and O–H groups in total. The van der Waals surface area contributed by atoms with Crippen LogP contribution in [0, 0.1) is 44.4 Å². The summed E-state index contributed by atoms with van der Waals surface area (Å²) >= 11 is 1.31. The van der Waals surface area contributed by atoms with Crippen LogP contribution in [-0.4, -0.2) is 30.1 Å². The molecule has 31 heavy (non-hydrogen) atoms. The summed E-state index contributed by atoms with van der Waals surface area (Å²) in [6, 6.07) is 6.03. The molecule has 0 aliphatic heterocycles. The molecule has 1 aromatic carbocycles. The maximum absolute atomic E-state index is 13.2. The van der Waals surface area contributed by atoms with E-state index < -0.39 is 23.8 Å². The van der Waals surface area contributed by atoms with Gasteiger partial charge in [-0.05, 0) is 50.2 Å². The molecule has 1 saturated carbocycles. The van der Waals surface area contributed by atoms with Gasteiger partial charge in [0, 0.05) is 10.4 Å². The Kier molecular flexibility index (Phi) is 5.47. The molecule has 0 radical (unpaired) electrons. The van der Waals surface area contributed by atoms with Gasteiger partial charge in [-0.3, -0.25) is 9.59 Å². The summed E-state index contributed by atoms with van der Waals surface area (Å²) in [5, 5.41) is 13.0. The third-order valence-corrected chi connectivity index (χ3v) is 7.44. The number of hydrogen-bond acceptors (Lipinski definition) is 5. The Balaban J connectivity index is 1.75. The molecule has 0 unspecified atom stereocenters. The van der Waals surface area contributed by atoms with Gasteiger partial charge >= 0.3 is 11.9 Å². The minimum Gasteiger partial charge on any atom is -0.481 e. The second-order valence-corrected chi connectivity index (χ2v) is 9.60. The van der Waals surface area contributed by atoms with Crippen molar-refractivity contribution in [3.63, 3.8) is 0 Å². The summed E-state index contributed by atoms with van der Waals surface area (Å²) < 4.78 is 5.05. The highest BCUT2D eigenvalue weighted by molar-refractivity contribution is 7.17. The van der Waals surface area contributed by atoms with Crippen LogP contribution in [0.2, 0.25) is 0 Å². The number of hydrogen-bond donors (Lipinski definition) is 2. The lowest BCUT2D eigenvalue weighted by atomic mass is 9.82. The van der Waals surface area contributed by atoms with Crippen LogP contribution in [0.15, 0.2) is 30.4 Å². The number of aliphatic carboxylic acids is 1. The van der Waals surface area contributed by atoms with Crippen molar-refractivity contribution >= 4 is 34.2 Å². The molecular formula is C24H25NO5S. The molecule has 1 heterocycles. The number of aryl methyl sites for hydroxylation is 3. The van der Waals surface area contributed by atoms with Crippen molar-refractivity contribution in [1.29, 1.82) is 0 Å². The van der Waals surface area contributed by atoms with Crippen molar-refractivity contribution < 1.29 is 24.2 Å². The smallest absolute Gasteiger partial charge is 0.341 e. The number of amides is 1. The second kappa shape index (κ2) is 7.96. The first-order valence-corrected chi connectivity index (χ1v) is 11.1. The number of ether oxygens (including phenoxy) is 1. The van der Waals surface area contributed by atoms with Crippen LogP contribution in [0.25, 0.3) is 11.1 Å². The first-order valence-electron chi connectivity index (χ1n) is 10.2. The van der Waals surface area contributed by atoms with Crippen molar-refractivity contribution in [3.05, 3.63) is 51.9 Å². The predicted octanol–water partition coefficient (Wildman–Crippen LogP) is 4.59. The zero-order valence-corrected chi connectivity index (χ0v) is 18.7. The van der Waals surface area contributed by atoms with Crippen molar-refractivity contribution in [2.45, 2.75) is 27.2 Å². The molecule has 1 aromatic heterocycles. The van der Waals surface area contributed by atoms with Gasteiger partial charge in [0.2, 0.25) is 5.91 Å². The zero-order valence-electron chi connectivity index (χ0n) is 17.9. The lowest BCUT2D eigenvalue weighted by molar-refractivity contribution is -0.146. The fraction of sp³-hybridized carbons (Fsp3) is 0.375. The van der Waals surface area contributed by atoms with Gasteiger partial charge in [-0.2, -0.15) is 0 Å². The van der Waals surface area contributed by atoms with Gasteiger partial charge in [0.25, 0.3) is 0 Å². The first-order chi connectivity index (χ1) is 14.7. The van der Waals surface area contributed by atoms with Gasteiger partial charge in [0.1, 0.15) is 10.6 Å². The van der Waals surface area contributed by atoms with E-state index in [1.54, 1.807) is 0 Å². The minimum absolute atomic E-state index is 0.0905. The Morgan fingerprint density at radius 3 is 2.42 bits per heavy atom. The average Bonchev–Trinajstić information content (AvgIpc) is 3.42. The number of methoxy groups -OCH3 is 1. The second-order valence-electron chi connectivity index (χ2n) is 8.37. The first kappa shape index (κ1) is 21.3. The standard InChI is InChI=1S/C24H25NO5S/c1-11-5-6-12(2)16(9-11)17-13(3)31-22(20(17)24(29)30-4)25-21(26)18-14-7-8-15(10-14)19(18)23(27)28/h5-9,14-15,18-19H,10H2,1-4H3,(H,25,26)(H,27,28)/t14-,15+,18-,19+/m1/s1. The third kappa shape index (κ3) is 3.57. The number of carboxylic acid groups (broad SMARTS) is 1. The molecule has 1 fully saturated rings. The van der Waals surface area contributed by atoms with Crippen LogP contribution in [0.1, 0.15) is 32.8 Å². The molecule has 2 aliphatic carbocycles. The number of nitrogens with one attached hydrogen (secondary N) is 1. The SMILES string of the molecule is COC(=O)c1c(NC(=O)[C@H]2[C@@H](C(=O)O)[C@H]3C=C[C@@H]2C3)sc(C)c1-c1cc(C)ccc1C. The molecule has 0 spiro atoms. The van der Waals surface area contributed by atoms with Gasteiger partial charge < -0.3 is 15.2 Å². The van der Waals surface area contributed by atoms with Crippen LogP contribution < -0.4 is 5.32 Å². The van der Waals surface area contributed by atoms with Gasteiger partial charge in [-0.15, -0.1) is 11.3 Å². The molecule has 0 saturated heterocycles. The Hall–Kier alpha value is -2.93. The number of benzene rings is 1. The molecule has 6 nitrogen and oxygen atoms in total. The van der Waals surface area contributed by atoms with Crippen LogP contribution in [0.4, 0.5) is 5.00 Å². The van der Waals surface area contributed by atoms with E-state index in [9.17, 15) is 19.5 Å². The van der Waals surface area contributed by atoms with Crippen molar-refractivity contribution in [3.8, 4) is 11.1 Å². The highest BCUT2D eigenvalue weighted by Crippen LogP contribution is 2.49. The molecule has 2 bridgehead atoms. The number of carbonyl (C=O) groups excluding carboxylic acids is 2. The van der Waals surface area contributed by atoms with Crippen molar-refractivity contribution in [2.24, 2.45) is 23.7 Å². The summed E-state index contributed by atoms with van der Waals surface area (Å²) in [5.74, 6) is -3.44. The third-order valence-electron chi connectivity index (χ3n) is 6.42. The van der Waals surface area contributed by atoms with E-state index in [0.29, 0.717) is 17.0 Å². The maximum Gasteiger partial charge on any atom is 0.341 e. The van der Waals surface area contributed by atoms with E-state index >= 15 is 0 Å². The van der Waals surface area contributed by atoms with E-state index in [1.807, 2.05) is 51.1 Å². The van der Waals surface area contributed by atoms with Crippen LogP contribution in [-0.2, 0) is 14.3 Å². The van der Waals surface area contributed by atoms with Crippen molar-refractivity contribution in [2.75, 3.05) is 12.4 Å². The van der Waals surface area contributed by atoms with Gasteiger partial charge in [-0.25, -0.2) is 4.79 Å². The van der Waals surface area contributed by atoms with Crippen molar-refractivity contribution in [1.82, 2.24) is 0 Å². The largest absolute Gasteiger partial charge is 0.481 e. The number of carboxylic acids is 1. The Morgan fingerprint density at radius 1 is 1.10 bits per heavy atom. The molecular weight excluding hydrogens is 414 g/mol. The molecule has 162 valence electrons. The van der Waals surface area contributed by atoms with E-state index in [0.717, 1.165) is 27.1 Å². The number of carbonyl (C=O) groups is 3. The Bertz CT molecular complexity index is 1120. The summed E-state index contributed by atoms with van der Waals surface area (Å²) in [4.78, 5) is 38.7. The molecule has 4 rings (SSSR count). The predicted molar refractivity (Wildman–Crippen MR) is 119 cm³/mol. The summed E-state index contributed by atoms with van der Waals surface area (Å²) in [7, 11) is 1.31. The van der Waals surface area contributed by atoms with E-state index in [-0.39, 0.29) is 17.7 Å². The lowest BCUT2D eigenvalue weighted by Crippen LogP contribution is -2.36. The monoisotopic (exact) mass is 439 g/mol. The highest BCUT2D eigenvalue weighted by Gasteiger charge is 2.51. The topological polar surface area (TPSA) is 92.7 Å². The fourth-order valence-electron chi connectivity index (χ4n) is 4.97. The maximum atomic E-state index is 13.2. The van der Waals surface area contributed by atoms with Crippen LogP contribution >= 0.6 is 11.3 Å². The Labute approximate surface area is 184 Å². The average molecular weight is 440 g/mol. The minimum atomic E-state index is -0.955. The van der Waals surface area contributed by atoms with Crippen LogP contribution in [0.3, 0.4) is 0 Å².